The molecule has 5 N–H and O–H groups in total. The first-order valence-corrected chi connectivity index (χ1v) is 42.4. The van der Waals surface area contributed by atoms with Gasteiger partial charge < -0.3 is 25.5 Å². The van der Waals surface area contributed by atoms with Crippen molar-refractivity contribution in [1.82, 2.24) is 74.8 Å². The quantitative estimate of drug-likeness (QED) is 0.0627. The number of carbonyl (C=O) groups is 5. The van der Waals surface area contributed by atoms with Crippen LogP contribution in [0.5, 0.6) is 0 Å². The zero-order valence-corrected chi connectivity index (χ0v) is 89.0. The van der Waals surface area contributed by atoms with Gasteiger partial charge in [0.25, 0.3) is 0 Å². The Hall–Kier alpha value is -15.3. The van der Waals surface area contributed by atoms with E-state index in [4.69, 9.17) is 42.4 Å². The molecule has 0 unspecified atom stereocenters. The van der Waals surface area contributed by atoms with Crippen LogP contribution in [-0.4, -0.2) is 130 Å². The summed E-state index contributed by atoms with van der Waals surface area (Å²) in [5.41, 5.74) is 18.6. The number of hydrogen-bond donors (Lipinski definition) is 5. The number of benzene rings is 10. The van der Waals surface area contributed by atoms with Crippen molar-refractivity contribution in [1.29, 1.82) is 5.26 Å². The third-order valence-electron chi connectivity index (χ3n) is 19.2. The number of aromatic nitrogens is 15. The Labute approximate surface area is 911 Å². The zero-order valence-electron chi connectivity index (χ0n) is 76.8. The van der Waals surface area contributed by atoms with Gasteiger partial charge in [-0.3, -0.25) is 54.2 Å². The van der Waals surface area contributed by atoms with Gasteiger partial charge in [-0.25, -0.2) is 54.2 Å². The molecule has 0 bridgehead atoms. The molecular formula is C108H75ClF7IrN16O10Pt4-5. The van der Waals surface area contributed by atoms with Crippen LogP contribution >= 0.6 is 11.6 Å². The van der Waals surface area contributed by atoms with Gasteiger partial charge in [-0.15, -0.1) is 161 Å². The molecule has 0 fully saturated rings. The van der Waals surface area contributed by atoms with Crippen molar-refractivity contribution in [3.8, 4) is 62.4 Å². The fraction of sp³-hybridized carbons (Fsp3) is 0.0648. The van der Waals surface area contributed by atoms with Gasteiger partial charge in [-0.05, 0) is 178 Å². The molecule has 0 saturated heterocycles. The molecule has 20 aromatic rings. The topological polar surface area (TPSA) is 404 Å². The average Bonchev–Trinajstić information content (AvgIpc) is 0.820. The summed E-state index contributed by atoms with van der Waals surface area (Å²) in [6.45, 7) is 9.34. The van der Waals surface area contributed by atoms with Crippen LogP contribution in [0.3, 0.4) is 0 Å². The number of nitrogens with zero attached hydrogens (tertiary/aromatic N) is 16. The minimum absolute atomic E-state index is 0. The molecule has 0 aliphatic carbocycles. The van der Waals surface area contributed by atoms with E-state index < -0.39 is 53.3 Å². The summed E-state index contributed by atoms with van der Waals surface area (Å²) in [5.74, 6) is -5.25. The number of carboxylic acids is 5. The van der Waals surface area contributed by atoms with Crippen LogP contribution in [0.2, 0.25) is 5.02 Å². The molecule has 0 atom stereocenters. The van der Waals surface area contributed by atoms with Crippen LogP contribution in [0.25, 0.3) is 111 Å². The maximum Gasteiger partial charge on any atom is 0.381 e. The minimum Gasteiger partial charge on any atom is -0.477 e. The van der Waals surface area contributed by atoms with E-state index >= 15 is 0 Å². The normalized spacial score (nSPS) is 10.1. The third-order valence-corrected chi connectivity index (χ3v) is 19.4. The largest absolute Gasteiger partial charge is 0.477 e. The SMILES string of the molecule is Cc1nc2ccccc2nc1-c1[c-]cc(C#N)cc1.Cc1nc2ccccc2nc1-c1[c-]cc(C(F)(F)F)cc1.Cc1nc2ccccc2nc1-c1[c-]cc(C(F)(F)F)cc1.Cc1nc2ccccc2nc1-c1[c-]cc(Cl)cc1.Cc1nc2ccccc2nc1-c1[c-]cc(F)cc1.O=C(O)c1ccccn1.O=C(O)c1ccccn1.O=C(O)c1ccccn1.O=C(O)c1ccccn1.O=C(O)c1ccccn1.[Ir].[Pt].[Pt].[Pt].[Pt]. The third kappa shape index (κ3) is 36.4. The van der Waals surface area contributed by atoms with E-state index in [2.05, 4.69) is 111 Å². The number of aromatic carboxylic acids is 5. The summed E-state index contributed by atoms with van der Waals surface area (Å²) >= 11 is 5.87. The van der Waals surface area contributed by atoms with Crippen LogP contribution in [0.1, 0.15) is 97.6 Å². The average molecular weight is 2900 g/mol. The summed E-state index contributed by atoms with van der Waals surface area (Å²) in [5, 5.41) is 51.1. The fourth-order valence-corrected chi connectivity index (χ4v) is 12.5. The Kier molecular flexibility index (Phi) is 48.5. The van der Waals surface area contributed by atoms with E-state index in [0.717, 1.165) is 119 Å². The van der Waals surface area contributed by atoms with Crippen LogP contribution in [-0.2, 0) is 117 Å². The fourth-order valence-electron chi connectivity index (χ4n) is 12.4. The number of aryl methyl sites for hydroxylation is 5. The Bertz CT molecular complexity index is 7230. The molecule has 10 aromatic heterocycles. The molecule has 0 spiro atoms. The van der Waals surface area contributed by atoms with Gasteiger partial charge in [0.15, 0.2) is 0 Å². The van der Waals surface area contributed by atoms with Crippen molar-refractivity contribution < 1.29 is 185 Å². The minimum atomic E-state index is -4.36. The van der Waals surface area contributed by atoms with Crippen molar-refractivity contribution >= 4 is 96.6 Å². The number of carboxylic acid groups (broad SMARTS) is 5. The monoisotopic (exact) mass is 2900 g/mol. The van der Waals surface area contributed by atoms with Gasteiger partial charge in [0.05, 0.1) is 55.2 Å². The van der Waals surface area contributed by atoms with Crippen molar-refractivity contribution in [2.45, 2.75) is 47.0 Å². The van der Waals surface area contributed by atoms with Crippen molar-refractivity contribution in [3.05, 3.63) is 449 Å². The van der Waals surface area contributed by atoms with Gasteiger partial charge in [0, 0.05) is 204 Å². The van der Waals surface area contributed by atoms with Crippen molar-refractivity contribution in [3.63, 3.8) is 0 Å². The summed E-state index contributed by atoms with van der Waals surface area (Å²) in [7, 11) is 0. The Morgan fingerprint density at radius 2 is 0.483 bits per heavy atom. The zero-order chi connectivity index (χ0) is 102. The number of rotatable bonds is 10. The summed E-state index contributed by atoms with van der Waals surface area (Å²) < 4.78 is 88.3. The molecule has 147 heavy (non-hydrogen) atoms. The maximum absolute atomic E-state index is 12.9. The Balaban J connectivity index is 0.000000253. The van der Waals surface area contributed by atoms with Gasteiger partial charge >= 0.3 is 42.2 Å². The van der Waals surface area contributed by atoms with Gasteiger partial charge in [-0.2, -0.15) is 26.3 Å². The van der Waals surface area contributed by atoms with Gasteiger partial charge in [0.2, 0.25) is 0 Å². The van der Waals surface area contributed by atoms with Crippen molar-refractivity contribution in [2.75, 3.05) is 0 Å². The summed E-state index contributed by atoms with van der Waals surface area (Å²) in [6, 6.07) is 100. The molecule has 10 heterocycles. The summed E-state index contributed by atoms with van der Waals surface area (Å²) in [4.78, 5) is 114. The number of para-hydroxylation sites is 10. The molecule has 20 rings (SSSR count). The van der Waals surface area contributed by atoms with E-state index in [0.29, 0.717) is 55.5 Å². The second kappa shape index (κ2) is 59.2. The molecule has 757 valence electrons. The van der Waals surface area contributed by atoms with E-state index in [-0.39, 0.29) is 139 Å². The Morgan fingerprint density at radius 1 is 0.279 bits per heavy atom. The predicted octanol–water partition coefficient (Wildman–Crippen LogP) is 23.6. The van der Waals surface area contributed by atoms with E-state index in [1.807, 2.05) is 160 Å². The maximum atomic E-state index is 12.9. The summed E-state index contributed by atoms with van der Waals surface area (Å²) in [6.07, 6.45) is -1.48. The number of halogens is 8. The van der Waals surface area contributed by atoms with E-state index in [1.165, 1.54) is 85.6 Å². The second-order valence-electron chi connectivity index (χ2n) is 29.3. The molecular weight excluding hydrogens is 2820 g/mol. The molecule has 26 nitrogen and oxygen atoms in total. The van der Waals surface area contributed by atoms with Crippen LogP contribution in [0.15, 0.2) is 334 Å². The van der Waals surface area contributed by atoms with Crippen molar-refractivity contribution in [2.24, 2.45) is 0 Å². The number of nitriles is 1. The first kappa shape index (κ1) is 120. The molecule has 0 amide bonds. The second-order valence-corrected chi connectivity index (χ2v) is 29.7. The molecule has 0 aliphatic heterocycles. The van der Waals surface area contributed by atoms with Gasteiger partial charge in [-0.1, -0.05) is 91.0 Å². The molecule has 1 radical (unpaired) electrons. The standard InChI is InChI=1S/2C16H10F3N2.C16H10N3.C15H10ClN2.C15H10FN2.5C6H5NO2.Ir.4Pt/c2*1-10-15(21-14-5-3-2-4-13(14)20-10)11-6-8-12(9-7-11)16(17,18)19;1-11-16(13-8-6-12(10-17)7-9-13)19-15-5-3-2-4-14(15)18-11;2*1-10-15(11-6-8-12(16)9-7-11)18-14-5-3-2-4-13(14)17-10;5*8-6(9)5-3-1-2-4-7-5;;;;;/h2*2-6,8-9H,1H3;2-8H,1H3;2*2-6,8-9H,1H3;5*1-4H,(H,8,9);;;;;/q5*-1;;;;;;;;;;. The molecule has 0 aliphatic rings. The van der Waals surface area contributed by atoms with Crippen LogP contribution in [0, 0.1) is 82.1 Å². The Morgan fingerprint density at radius 3 is 0.646 bits per heavy atom. The smallest absolute Gasteiger partial charge is 0.381 e. The predicted molar refractivity (Wildman–Crippen MR) is 518 cm³/mol. The first-order valence-electron chi connectivity index (χ1n) is 42.0. The number of fused-ring (bicyclic) bond motifs is 5. The number of hydrogen-bond acceptors (Lipinski definition) is 21. The van der Waals surface area contributed by atoms with E-state index in [9.17, 15) is 54.7 Å². The number of pyridine rings is 5. The van der Waals surface area contributed by atoms with Gasteiger partial charge in [0.1, 0.15) is 28.5 Å². The molecule has 39 heteroatoms. The van der Waals surface area contributed by atoms with Crippen LogP contribution < -0.4 is 0 Å². The first-order chi connectivity index (χ1) is 68.2. The molecule has 10 aromatic carbocycles. The van der Waals surface area contributed by atoms with Crippen LogP contribution in [0.4, 0.5) is 30.7 Å². The van der Waals surface area contributed by atoms with E-state index in [1.54, 1.807) is 98.8 Å². The molecule has 0 saturated carbocycles. The number of alkyl halides is 6.